The fraction of sp³-hybridized carbons (Fsp3) is 0.938. The molecule has 0 aliphatic carbocycles. The molecule has 1 unspecified atom stereocenters. The van der Waals surface area contributed by atoms with Crippen molar-refractivity contribution in [2.24, 2.45) is 0 Å². The first-order valence-corrected chi connectivity index (χ1v) is 16.0. The molecule has 1 heterocycles. The summed E-state index contributed by atoms with van der Waals surface area (Å²) in [6.07, 6.45) is 39.8. The Labute approximate surface area is 216 Å². The minimum atomic E-state index is 0.635. The van der Waals surface area contributed by atoms with E-state index in [1.165, 1.54) is 161 Å². The predicted octanol–water partition coefficient (Wildman–Crippen LogP) is 10.8. The van der Waals surface area contributed by atoms with Crippen LogP contribution in [0, 0.1) is 0 Å². The Kier molecular flexibility index (Phi) is 22.2. The maximum atomic E-state index is 2.65. The van der Waals surface area contributed by atoms with Gasteiger partial charge in [0.05, 0.1) is 0 Å². The van der Waals surface area contributed by atoms with Crippen molar-refractivity contribution in [1.82, 2.24) is 9.80 Å². The molecule has 1 atom stereocenters. The fourth-order valence-corrected chi connectivity index (χ4v) is 5.56. The summed E-state index contributed by atoms with van der Waals surface area (Å²) in [5, 5.41) is 0. The van der Waals surface area contributed by atoms with E-state index in [0.717, 1.165) is 6.54 Å². The second kappa shape index (κ2) is 24.1. The van der Waals surface area contributed by atoms with Gasteiger partial charge in [-0.25, -0.2) is 0 Å². The van der Waals surface area contributed by atoms with Crippen LogP contribution < -0.4 is 0 Å². The van der Waals surface area contributed by atoms with E-state index in [2.05, 4.69) is 43.0 Å². The van der Waals surface area contributed by atoms with Crippen molar-refractivity contribution in [2.75, 3.05) is 13.1 Å². The van der Waals surface area contributed by atoms with Gasteiger partial charge in [0.25, 0.3) is 0 Å². The van der Waals surface area contributed by atoms with Crippen LogP contribution in [-0.4, -0.2) is 29.1 Å². The minimum Gasteiger partial charge on any atom is -0.356 e. The number of unbranched alkanes of at least 4 members (excludes halogenated alkanes) is 21. The summed E-state index contributed by atoms with van der Waals surface area (Å²) < 4.78 is 0. The van der Waals surface area contributed by atoms with Gasteiger partial charge in [-0.2, -0.15) is 0 Å². The summed E-state index contributed by atoms with van der Waals surface area (Å²) in [6.45, 7) is 9.33. The van der Waals surface area contributed by atoms with Crippen molar-refractivity contribution >= 4 is 0 Å². The third-order valence-corrected chi connectivity index (χ3v) is 7.92. The maximum absolute atomic E-state index is 2.65. The van der Waals surface area contributed by atoms with E-state index >= 15 is 0 Å². The quantitative estimate of drug-likeness (QED) is 0.114. The van der Waals surface area contributed by atoms with Gasteiger partial charge in [0.1, 0.15) is 6.17 Å². The standard InChI is InChI=1S/C32H64N2/c1-4-7-9-11-13-15-17-19-21-23-25-27-29-34-31-30-33(6-3)32(34)28-26-24-22-20-18-16-14-12-10-8-5-2/h30-32H,4-29H2,1-3H3. The molecule has 0 radical (unpaired) electrons. The molecule has 1 aliphatic rings. The first kappa shape index (κ1) is 31.4. The van der Waals surface area contributed by atoms with Gasteiger partial charge in [0.15, 0.2) is 0 Å². The molecule has 0 bridgehead atoms. The van der Waals surface area contributed by atoms with Crippen LogP contribution in [0.25, 0.3) is 0 Å². The van der Waals surface area contributed by atoms with Gasteiger partial charge >= 0.3 is 0 Å². The Morgan fingerprint density at radius 1 is 0.412 bits per heavy atom. The van der Waals surface area contributed by atoms with Crippen LogP contribution in [0.2, 0.25) is 0 Å². The molecule has 1 aliphatic heterocycles. The number of hydrogen-bond donors (Lipinski definition) is 0. The summed E-state index contributed by atoms with van der Waals surface area (Å²) in [6, 6.07) is 0. The van der Waals surface area contributed by atoms with E-state index in [-0.39, 0.29) is 0 Å². The molecule has 2 heteroatoms. The van der Waals surface area contributed by atoms with E-state index in [0.29, 0.717) is 6.17 Å². The van der Waals surface area contributed by atoms with E-state index in [9.17, 15) is 0 Å². The van der Waals surface area contributed by atoms with Gasteiger partial charge < -0.3 is 9.80 Å². The third kappa shape index (κ3) is 16.9. The van der Waals surface area contributed by atoms with Gasteiger partial charge in [-0.1, -0.05) is 149 Å². The van der Waals surface area contributed by atoms with Crippen molar-refractivity contribution in [3.8, 4) is 0 Å². The third-order valence-electron chi connectivity index (χ3n) is 7.92. The molecular formula is C32H64N2. The topological polar surface area (TPSA) is 6.48 Å². The van der Waals surface area contributed by atoms with Gasteiger partial charge in [0, 0.05) is 25.5 Å². The SMILES string of the molecule is CCCCCCCCCCCCCCN1C=CN(CC)C1CCCCCCCCCCCCC. The molecule has 34 heavy (non-hydrogen) atoms. The summed E-state index contributed by atoms with van der Waals surface area (Å²) in [5.41, 5.74) is 0. The Hall–Kier alpha value is -0.660. The fourth-order valence-electron chi connectivity index (χ4n) is 5.56. The van der Waals surface area contributed by atoms with E-state index in [1.807, 2.05) is 0 Å². The summed E-state index contributed by atoms with van der Waals surface area (Å²) in [4.78, 5) is 5.22. The zero-order valence-corrected chi connectivity index (χ0v) is 24.0. The van der Waals surface area contributed by atoms with Crippen LogP contribution in [-0.2, 0) is 0 Å². The monoisotopic (exact) mass is 477 g/mol. The first-order chi connectivity index (χ1) is 16.8. The Bertz CT molecular complexity index is 433. The molecule has 202 valence electrons. The number of rotatable bonds is 26. The Balaban J connectivity index is 1.99. The lowest BCUT2D eigenvalue weighted by atomic mass is 10.0. The van der Waals surface area contributed by atoms with Crippen molar-refractivity contribution in [1.29, 1.82) is 0 Å². The van der Waals surface area contributed by atoms with E-state index in [4.69, 9.17) is 0 Å². The second-order valence-corrected chi connectivity index (χ2v) is 11.1. The first-order valence-electron chi connectivity index (χ1n) is 16.0. The van der Waals surface area contributed by atoms with E-state index in [1.54, 1.807) is 0 Å². The molecule has 0 saturated heterocycles. The molecule has 0 saturated carbocycles. The molecule has 0 fully saturated rings. The highest BCUT2D eigenvalue weighted by Gasteiger charge is 2.23. The zero-order chi connectivity index (χ0) is 24.5. The van der Waals surface area contributed by atoms with Gasteiger partial charge in [-0.15, -0.1) is 0 Å². The number of hydrogen-bond acceptors (Lipinski definition) is 2. The smallest absolute Gasteiger partial charge is 0.101 e. The van der Waals surface area contributed by atoms with Gasteiger partial charge in [-0.05, 0) is 26.2 Å². The largest absolute Gasteiger partial charge is 0.356 e. The normalized spacial score (nSPS) is 15.7. The maximum Gasteiger partial charge on any atom is 0.101 e. The number of nitrogens with zero attached hydrogens (tertiary/aromatic N) is 2. The van der Waals surface area contributed by atoms with Crippen LogP contribution in [0.15, 0.2) is 12.4 Å². The lowest BCUT2D eigenvalue weighted by Gasteiger charge is -2.32. The van der Waals surface area contributed by atoms with Crippen LogP contribution in [0.5, 0.6) is 0 Å². The highest BCUT2D eigenvalue weighted by molar-refractivity contribution is 4.96. The van der Waals surface area contributed by atoms with Gasteiger partial charge in [0.2, 0.25) is 0 Å². The summed E-state index contributed by atoms with van der Waals surface area (Å²) >= 11 is 0. The molecule has 0 spiro atoms. The minimum absolute atomic E-state index is 0.635. The van der Waals surface area contributed by atoms with Gasteiger partial charge in [-0.3, -0.25) is 0 Å². The lowest BCUT2D eigenvalue weighted by Crippen LogP contribution is -2.38. The van der Waals surface area contributed by atoms with Crippen molar-refractivity contribution < 1.29 is 0 Å². The molecule has 2 nitrogen and oxygen atoms in total. The highest BCUT2D eigenvalue weighted by Crippen LogP contribution is 2.23. The van der Waals surface area contributed by atoms with Crippen molar-refractivity contribution in [3.63, 3.8) is 0 Å². The van der Waals surface area contributed by atoms with Crippen LogP contribution in [0.1, 0.15) is 175 Å². The van der Waals surface area contributed by atoms with Crippen LogP contribution >= 0.6 is 0 Å². The Morgan fingerprint density at radius 3 is 1.18 bits per heavy atom. The van der Waals surface area contributed by atoms with Crippen molar-refractivity contribution in [2.45, 2.75) is 181 Å². The van der Waals surface area contributed by atoms with Crippen LogP contribution in [0.3, 0.4) is 0 Å². The lowest BCUT2D eigenvalue weighted by molar-refractivity contribution is 0.142. The molecule has 0 aromatic heterocycles. The van der Waals surface area contributed by atoms with Crippen molar-refractivity contribution in [3.05, 3.63) is 12.4 Å². The summed E-state index contributed by atoms with van der Waals surface area (Å²) in [5.74, 6) is 0. The second-order valence-electron chi connectivity index (χ2n) is 11.1. The molecule has 0 N–H and O–H groups in total. The summed E-state index contributed by atoms with van der Waals surface area (Å²) in [7, 11) is 0. The molecular weight excluding hydrogens is 412 g/mol. The molecule has 0 aromatic carbocycles. The zero-order valence-electron chi connectivity index (χ0n) is 24.0. The van der Waals surface area contributed by atoms with Crippen LogP contribution in [0.4, 0.5) is 0 Å². The van der Waals surface area contributed by atoms with E-state index < -0.39 is 0 Å². The Morgan fingerprint density at radius 2 is 0.765 bits per heavy atom. The molecule has 1 rings (SSSR count). The highest BCUT2D eigenvalue weighted by atomic mass is 15.4. The molecule has 0 amide bonds. The average molecular weight is 477 g/mol. The average Bonchev–Trinajstić information content (AvgIpc) is 3.24. The molecule has 0 aromatic rings. The predicted molar refractivity (Wildman–Crippen MR) is 154 cm³/mol.